The van der Waals surface area contributed by atoms with Gasteiger partial charge in [0.1, 0.15) is 5.82 Å². The van der Waals surface area contributed by atoms with Crippen LogP contribution in [0, 0.1) is 5.82 Å². The predicted molar refractivity (Wildman–Crippen MR) is 138 cm³/mol. The van der Waals surface area contributed by atoms with Gasteiger partial charge in [0.25, 0.3) is 0 Å². The van der Waals surface area contributed by atoms with Crippen LogP contribution in [-0.2, 0) is 0 Å². The molecular formula is C31H19FN2O. The summed E-state index contributed by atoms with van der Waals surface area (Å²) in [5.41, 5.74) is 5.98. The van der Waals surface area contributed by atoms with E-state index in [0.29, 0.717) is 11.1 Å². The highest BCUT2D eigenvalue weighted by Crippen LogP contribution is 2.32. The lowest BCUT2D eigenvalue weighted by atomic mass is 9.99. The van der Waals surface area contributed by atoms with Crippen LogP contribution >= 0.6 is 0 Å². The molecule has 6 rings (SSSR count). The van der Waals surface area contributed by atoms with Crippen molar-refractivity contribution in [3.8, 4) is 22.5 Å². The first-order chi connectivity index (χ1) is 17.2. The first kappa shape index (κ1) is 20.9. The van der Waals surface area contributed by atoms with Gasteiger partial charge < -0.3 is 0 Å². The Labute approximate surface area is 201 Å². The second-order valence-electron chi connectivity index (χ2n) is 8.39. The van der Waals surface area contributed by atoms with Crippen molar-refractivity contribution >= 4 is 27.6 Å². The standard InChI is InChI=1S/C31H19FN2O/c32-26-16-14-23(15-17-26)31(35)22-12-10-21(11-13-22)30-29(20-6-2-1-3-7-20)33-27-18-24-8-4-5-9-25(24)19-28(27)34-30/h1-19H. The molecule has 0 aliphatic rings. The van der Waals surface area contributed by atoms with Crippen molar-refractivity contribution in [1.29, 1.82) is 0 Å². The SMILES string of the molecule is O=C(c1ccc(F)cc1)c1ccc(-c2nc3cc4ccccc4cc3nc2-c2ccccc2)cc1. The van der Waals surface area contributed by atoms with Crippen molar-refractivity contribution in [2.75, 3.05) is 0 Å². The highest BCUT2D eigenvalue weighted by molar-refractivity contribution is 6.09. The molecule has 0 spiro atoms. The smallest absolute Gasteiger partial charge is 0.193 e. The third kappa shape index (κ3) is 3.96. The number of halogens is 1. The Morgan fingerprint density at radius 3 is 1.54 bits per heavy atom. The normalized spacial score (nSPS) is 11.1. The number of fused-ring (bicyclic) bond motifs is 2. The summed E-state index contributed by atoms with van der Waals surface area (Å²) in [6, 6.07) is 35.2. The van der Waals surface area contributed by atoms with Crippen molar-refractivity contribution in [3.63, 3.8) is 0 Å². The van der Waals surface area contributed by atoms with Gasteiger partial charge in [-0.05, 0) is 47.2 Å². The maximum Gasteiger partial charge on any atom is 0.193 e. The maximum absolute atomic E-state index is 13.2. The number of carbonyl (C=O) groups excluding carboxylic acids is 1. The van der Waals surface area contributed by atoms with Crippen molar-refractivity contribution in [1.82, 2.24) is 9.97 Å². The fourth-order valence-corrected chi connectivity index (χ4v) is 4.29. The van der Waals surface area contributed by atoms with Crippen LogP contribution in [0.1, 0.15) is 15.9 Å². The van der Waals surface area contributed by atoms with Gasteiger partial charge in [-0.25, -0.2) is 14.4 Å². The minimum Gasteiger partial charge on any atom is -0.289 e. The van der Waals surface area contributed by atoms with E-state index in [-0.39, 0.29) is 11.6 Å². The van der Waals surface area contributed by atoms with E-state index >= 15 is 0 Å². The predicted octanol–water partition coefficient (Wildman–Crippen LogP) is 7.49. The van der Waals surface area contributed by atoms with Gasteiger partial charge in [-0.3, -0.25) is 4.79 Å². The van der Waals surface area contributed by atoms with Gasteiger partial charge >= 0.3 is 0 Å². The zero-order chi connectivity index (χ0) is 23.8. The summed E-state index contributed by atoms with van der Waals surface area (Å²) in [7, 11) is 0. The van der Waals surface area contributed by atoms with Crippen LogP contribution < -0.4 is 0 Å². The fraction of sp³-hybridized carbons (Fsp3) is 0. The Hall–Kier alpha value is -4.70. The van der Waals surface area contributed by atoms with E-state index < -0.39 is 0 Å². The van der Waals surface area contributed by atoms with Crippen LogP contribution in [0.2, 0.25) is 0 Å². The largest absolute Gasteiger partial charge is 0.289 e. The van der Waals surface area contributed by atoms with E-state index in [0.717, 1.165) is 44.3 Å². The summed E-state index contributed by atoms with van der Waals surface area (Å²) >= 11 is 0. The minimum atomic E-state index is -0.368. The molecule has 0 saturated heterocycles. The Balaban J connectivity index is 1.48. The number of hydrogen-bond donors (Lipinski definition) is 0. The monoisotopic (exact) mass is 454 g/mol. The van der Waals surface area contributed by atoms with Crippen LogP contribution in [0.5, 0.6) is 0 Å². The highest BCUT2D eigenvalue weighted by Gasteiger charge is 2.15. The van der Waals surface area contributed by atoms with E-state index in [4.69, 9.17) is 9.97 Å². The molecule has 0 unspecified atom stereocenters. The van der Waals surface area contributed by atoms with E-state index in [1.165, 1.54) is 24.3 Å². The van der Waals surface area contributed by atoms with Crippen LogP contribution in [0.25, 0.3) is 44.3 Å². The minimum absolute atomic E-state index is 0.157. The van der Waals surface area contributed by atoms with E-state index in [2.05, 4.69) is 24.3 Å². The summed E-state index contributed by atoms with van der Waals surface area (Å²) in [5.74, 6) is -0.524. The first-order valence-electron chi connectivity index (χ1n) is 11.3. The molecule has 1 heterocycles. The Kier molecular flexibility index (Phi) is 5.12. The molecule has 0 aliphatic heterocycles. The Bertz CT molecular complexity index is 1690. The van der Waals surface area contributed by atoms with Crippen LogP contribution in [-0.4, -0.2) is 15.8 Å². The van der Waals surface area contributed by atoms with Gasteiger partial charge in [0, 0.05) is 22.3 Å². The Morgan fingerprint density at radius 1 is 0.543 bits per heavy atom. The number of carbonyl (C=O) groups is 1. The van der Waals surface area contributed by atoms with Crippen molar-refractivity contribution in [3.05, 3.63) is 132 Å². The Morgan fingerprint density at radius 2 is 1.00 bits per heavy atom. The molecule has 0 aliphatic carbocycles. The third-order valence-electron chi connectivity index (χ3n) is 6.11. The number of hydrogen-bond acceptors (Lipinski definition) is 3. The molecule has 5 aromatic carbocycles. The molecule has 3 nitrogen and oxygen atoms in total. The van der Waals surface area contributed by atoms with Crippen molar-refractivity contribution in [2.45, 2.75) is 0 Å². The number of aromatic nitrogens is 2. The molecular weight excluding hydrogens is 435 g/mol. The summed E-state index contributed by atoms with van der Waals surface area (Å²) < 4.78 is 13.2. The zero-order valence-corrected chi connectivity index (χ0v) is 18.7. The van der Waals surface area contributed by atoms with Gasteiger partial charge in [-0.1, -0.05) is 78.9 Å². The number of nitrogens with zero attached hydrogens (tertiary/aromatic N) is 2. The average Bonchev–Trinajstić information content (AvgIpc) is 2.92. The summed E-state index contributed by atoms with van der Waals surface area (Å²) in [5, 5.41) is 2.22. The number of rotatable bonds is 4. The molecule has 6 aromatic rings. The molecule has 0 bridgehead atoms. The van der Waals surface area contributed by atoms with E-state index in [9.17, 15) is 9.18 Å². The summed E-state index contributed by atoms with van der Waals surface area (Å²) in [6.45, 7) is 0. The second-order valence-corrected chi connectivity index (χ2v) is 8.39. The topological polar surface area (TPSA) is 42.9 Å². The van der Waals surface area contributed by atoms with E-state index in [1.807, 2.05) is 54.6 Å². The van der Waals surface area contributed by atoms with Crippen LogP contribution in [0.3, 0.4) is 0 Å². The van der Waals surface area contributed by atoms with Crippen LogP contribution in [0.4, 0.5) is 4.39 Å². The summed E-state index contributed by atoms with van der Waals surface area (Å²) in [4.78, 5) is 22.9. The summed E-state index contributed by atoms with van der Waals surface area (Å²) in [6.07, 6.45) is 0. The quantitative estimate of drug-likeness (QED) is 0.205. The lowest BCUT2D eigenvalue weighted by molar-refractivity contribution is 0.103. The fourth-order valence-electron chi connectivity index (χ4n) is 4.29. The zero-order valence-electron chi connectivity index (χ0n) is 18.7. The molecule has 0 N–H and O–H groups in total. The maximum atomic E-state index is 13.2. The molecule has 166 valence electrons. The number of ketones is 1. The van der Waals surface area contributed by atoms with Gasteiger partial charge in [-0.2, -0.15) is 0 Å². The molecule has 0 amide bonds. The van der Waals surface area contributed by atoms with E-state index in [1.54, 1.807) is 12.1 Å². The molecule has 4 heteroatoms. The molecule has 0 saturated carbocycles. The number of benzene rings is 5. The van der Waals surface area contributed by atoms with Crippen molar-refractivity contribution < 1.29 is 9.18 Å². The van der Waals surface area contributed by atoms with Crippen molar-refractivity contribution in [2.24, 2.45) is 0 Å². The third-order valence-corrected chi connectivity index (χ3v) is 6.11. The molecule has 0 atom stereocenters. The molecule has 35 heavy (non-hydrogen) atoms. The van der Waals surface area contributed by atoms with Gasteiger partial charge in [0.05, 0.1) is 22.4 Å². The van der Waals surface area contributed by atoms with Gasteiger partial charge in [0.2, 0.25) is 0 Å². The molecule has 0 radical (unpaired) electrons. The second kappa shape index (κ2) is 8.58. The lowest BCUT2D eigenvalue weighted by Crippen LogP contribution is -2.01. The molecule has 0 fully saturated rings. The van der Waals surface area contributed by atoms with Crippen LogP contribution in [0.15, 0.2) is 115 Å². The first-order valence-corrected chi connectivity index (χ1v) is 11.3. The average molecular weight is 455 g/mol. The highest BCUT2D eigenvalue weighted by atomic mass is 19.1. The van der Waals surface area contributed by atoms with Gasteiger partial charge in [0.15, 0.2) is 5.78 Å². The molecule has 1 aromatic heterocycles. The lowest BCUT2D eigenvalue weighted by Gasteiger charge is -2.12. The van der Waals surface area contributed by atoms with Gasteiger partial charge in [-0.15, -0.1) is 0 Å².